The van der Waals surface area contributed by atoms with Gasteiger partial charge in [0, 0.05) is 5.25 Å². The molecule has 2 atom stereocenters. The number of hydrogen-bond acceptors (Lipinski definition) is 2. The van der Waals surface area contributed by atoms with Crippen molar-refractivity contribution >= 4 is 35.0 Å². The predicted molar refractivity (Wildman–Crippen MR) is 66.9 cm³/mol. The third kappa shape index (κ3) is 2.62. The van der Waals surface area contributed by atoms with E-state index in [9.17, 15) is 5.11 Å². The molecule has 1 aliphatic rings. The lowest BCUT2D eigenvalue weighted by atomic mass is 10.0. The topological polar surface area (TPSA) is 20.2 Å². The number of thioether (sulfide) groups is 1. The third-order valence-corrected chi connectivity index (χ3v) is 4.79. The minimum Gasteiger partial charge on any atom is -0.387 e. The molecule has 1 N–H and O–H groups in total. The van der Waals surface area contributed by atoms with E-state index in [1.165, 1.54) is 6.42 Å². The van der Waals surface area contributed by atoms with E-state index in [4.69, 9.17) is 23.2 Å². The Labute approximate surface area is 104 Å². The number of aliphatic hydroxyl groups is 1. The molecule has 1 aromatic rings. The van der Waals surface area contributed by atoms with Crippen molar-refractivity contribution < 1.29 is 5.11 Å². The zero-order valence-electron chi connectivity index (χ0n) is 8.12. The first-order valence-electron chi connectivity index (χ1n) is 4.93. The summed E-state index contributed by atoms with van der Waals surface area (Å²) in [6, 6.07) is 5.34. The molecule has 2 unspecified atom stereocenters. The summed E-state index contributed by atoms with van der Waals surface area (Å²) in [6.45, 7) is 0. The van der Waals surface area contributed by atoms with Gasteiger partial charge < -0.3 is 5.11 Å². The summed E-state index contributed by atoms with van der Waals surface area (Å²) in [6.07, 6.45) is 1.84. The number of aliphatic hydroxyl groups excluding tert-OH is 1. The van der Waals surface area contributed by atoms with Gasteiger partial charge in [0.05, 0.1) is 16.1 Å². The Bertz CT molecular complexity index is 350. The average Bonchev–Trinajstić information content (AvgIpc) is 2.74. The summed E-state index contributed by atoms with van der Waals surface area (Å²) in [5, 5.41) is 11.5. The molecule has 1 saturated heterocycles. The van der Waals surface area contributed by atoms with Gasteiger partial charge in [-0.3, -0.25) is 0 Å². The Balaban J connectivity index is 2.17. The van der Waals surface area contributed by atoms with Crippen molar-refractivity contribution in [1.29, 1.82) is 0 Å². The summed E-state index contributed by atoms with van der Waals surface area (Å²) < 4.78 is 0. The van der Waals surface area contributed by atoms with Gasteiger partial charge in [-0.15, -0.1) is 0 Å². The number of rotatable bonds is 2. The van der Waals surface area contributed by atoms with Gasteiger partial charge in [-0.25, -0.2) is 0 Å². The fourth-order valence-corrected chi connectivity index (χ4v) is 3.38. The second kappa shape index (κ2) is 4.96. The summed E-state index contributed by atoms with van der Waals surface area (Å²) >= 11 is 13.6. The van der Waals surface area contributed by atoms with E-state index in [1.54, 1.807) is 12.1 Å². The first kappa shape index (κ1) is 11.6. The van der Waals surface area contributed by atoms with Crippen molar-refractivity contribution in [3.8, 4) is 0 Å². The average molecular weight is 263 g/mol. The van der Waals surface area contributed by atoms with Crippen LogP contribution in [0.3, 0.4) is 0 Å². The highest BCUT2D eigenvalue weighted by Crippen LogP contribution is 2.37. The fourth-order valence-electron chi connectivity index (χ4n) is 1.76. The van der Waals surface area contributed by atoms with Crippen LogP contribution in [0.25, 0.3) is 0 Å². The molecule has 0 spiro atoms. The molecule has 1 heterocycles. The maximum atomic E-state index is 10.1. The molecule has 0 saturated carbocycles. The quantitative estimate of drug-likeness (QED) is 0.872. The second-order valence-electron chi connectivity index (χ2n) is 3.67. The summed E-state index contributed by atoms with van der Waals surface area (Å²) in [4.78, 5) is 0. The first-order chi connectivity index (χ1) is 7.18. The van der Waals surface area contributed by atoms with Crippen LogP contribution < -0.4 is 0 Å². The van der Waals surface area contributed by atoms with Gasteiger partial charge in [-0.1, -0.05) is 29.3 Å². The predicted octanol–water partition coefficient (Wildman–Crippen LogP) is 3.92. The molecule has 0 bridgehead atoms. The zero-order valence-corrected chi connectivity index (χ0v) is 10.4. The van der Waals surface area contributed by atoms with Crippen LogP contribution in [0.15, 0.2) is 18.2 Å². The molecule has 0 amide bonds. The van der Waals surface area contributed by atoms with Crippen LogP contribution in [0, 0.1) is 0 Å². The minimum absolute atomic E-state index is 0.308. The molecule has 0 radical (unpaired) electrons. The Morgan fingerprint density at radius 2 is 2.13 bits per heavy atom. The molecule has 2 rings (SSSR count). The van der Waals surface area contributed by atoms with Crippen molar-refractivity contribution in [2.45, 2.75) is 24.2 Å². The standard InChI is InChI=1S/C11H12Cl2OS/c12-8-4-3-7(6-9(8)13)11(14)10-2-1-5-15-10/h3-4,6,10-11,14H,1-2,5H2. The zero-order chi connectivity index (χ0) is 10.8. The maximum Gasteiger partial charge on any atom is 0.0909 e. The maximum absolute atomic E-state index is 10.1. The molecule has 15 heavy (non-hydrogen) atoms. The van der Waals surface area contributed by atoms with Crippen LogP contribution in [0.2, 0.25) is 10.0 Å². The second-order valence-corrected chi connectivity index (χ2v) is 5.83. The van der Waals surface area contributed by atoms with Gasteiger partial charge in [-0.05, 0) is 36.3 Å². The highest BCUT2D eigenvalue weighted by Gasteiger charge is 2.25. The lowest BCUT2D eigenvalue weighted by Crippen LogP contribution is -2.11. The molecule has 1 aliphatic heterocycles. The Hall–Kier alpha value is 0.110. The van der Waals surface area contributed by atoms with Crippen LogP contribution in [0.1, 0.15) is 24.5 Å². The normalized spacial score (nSPS) is 23.0. The van der Waals surface area contributed by atoms with Gasteiger partial charge >= 0.3 is 0 Å². The molecule has 1 fully saturated rings. The van der Waals surface area contributed by atoms with E-state index in [2.05, 4.69) is 0 Å². The van der Waals surface area contributed by atoms with E-state index in [0.717, 1.165) is 17.7 Å². The van der Waals surface area contributed by atoms with Gasteiger partial charge in [0.15, 0.2) is 0 Å². The summed E-state index contributed by atoms with van der Waals surface area (Å²) in [5.41, 5.74) is 0.865. The molecule has 1 aromatic carbocycles. The Morgan fingerprint density at radius 1 is 1.33 bits per heavy atom. The fraction of sp³-hybridized carbons (Fsp3) is 0.455. The number of hydrogen-bond donors (Lipinski definition) is 1. The van der Waals surface area contributed by atoms with Gasteiger partial charge in [-0.2, -0.15) is 11.8 Å². The first-order valence-corrected chi connectivity index (χ1v) is 6.73. The van der Waals surface area contributed by atoms with Gasteiger partial charge in [0.2, 0.25) is 0 Å². The molecular formula is C11H12Cl2OS. The number of benzene rings is 1. The van der Waals surface area contributed by atoms with E-state index in [1.807, 2.05) is 17.8 Å². The lowest BCUT2D eigenvalue weighted by Gasteiger charge is -2.17. The van der Waals surface area contributed by atoms with E-state index in [0.29, 0.717) is 15.3 Å². The monoisotopic (exact) mass is 262 g/mol. The van der Waals surface area contributed by atoms with Gasteiger partial charge in [0.1, 0.15) is 0 Å². The Kier molecular flexibility index (Phi) is 3.83. The van der Waals surface area contributed by atoms with Crippen molar-refractivity contribution in [1.82, 2.24) is 0 Å². The summed E-state index contributed by atoms with van der Waals surface area (Å²) in [7, 11) is 0. The van der Waals surface area contributed by atoms with Crippen LogP contribution in [-0.2, 0) is 0 Å². The summed E-state index contributed by atoms with van der Waals surface area (Å²) in [5.74, 6) is 1.14. The minimum atomic E-state index is -0.424. The molecule has 0 aromatic heterocycles. The SMILES string of the molecule is OC(c1ccc(Cl)c(Cl)c1)C1CCCS1. The lowest BCUT2D eigenvalue weighted by molar-refractivity contribution is 0.173. The molecule has 4 heteroatoms. The van der Waals surface area contributed by atoms with Crippen molar-refractivity contribution in [3.63, 3.8) is 0 Å². The molecule has 0 aliphatic carbocycles. The highest BCUT2D eigenvalue weighted by atomic mass is 35.5. The van der Waals surface area contributed by atoms with E-state index >= 15 is 0 Å². The largest absolute Gasteiger partial charge is 0.387 e. The van der Waals surface area contributed by atoms with Gasteiger partial charge in [0.25, 0.3) is 0 Å². The molecule has 82 valence electrons. The van der Waals surface area contributed by atoms with Crippen molar-refractivity contribution in [2.75, 3.05) is 5.75 Å². The third-order valence-electron chi connectivity index (χ3n) is 2.60. The molecule has 1 nitrogen and oxygen atoms in total. The highest BCUT2D eigenvalue weighted by molar-refractivity contribution is 8.00. The smallest absolute Gasteiger partial charge is 0.0909 e. The van der Waals surface area contributed by atoms with Crippen molar-refractivity contribution in [2.24, 2.45) is 0 Å². The van der Waals surface area contributed by atoms with Crippen molar-refractivity contribution in [3.05, 3.63) is 33.8 Å². The number of halogens is 2. The molecular weight excluding hydrogens is 251 g/mol. The van der Waals surface area contributed by atoms with E-state index in [-0.39, 0.29) is 0 Å². The van der Waals surface area contributed by atoms with Crippen LogP contribution >= 0.6 is 35.0 Å². The van der Waals surface area contributed by atoms with Crippen LogP contribution in [0.4, 0.5) is 0 Å². The van der Waals surface area contributed by atoms with Crippen LogP contribution in [0.5, 0.6) is 0 Å². The van der Waals surface area contributed by atoms with E-state index < -0.39 is 6.10 Å². The van der Waals surface area contributed by atoms with Crippen LogP contribution in [-0.4, -0.2) is 16.1 Å². The Morgan fingerprint density at radius 3 is 2.73 bits per heavy atom.